The summed E-state index contributed by atoms with van der Waals surface area (Å²) in [5.41, 5.74) is 6.37. The smallest absolute Gasteiger partial charge is 0.218 e. The van der Waals surface area contributed by atoms with Crippen LogP contribution in [-0.2, 0) is 0 Å². The average molecular weight is 184 g/mol. The fourth-order valence-electron chi connectivity index (χ4n) is 1.10. The van der Waals surface area contributed by atoms with Crippen LogP contribution in [0.4, 0.5) is 4.39 Å². The maximum atomic E-state index is 12.8. The van der Waals surface area contributed by atoms with E-state index in [4.69, 9.17) is 10.5 Å². The van der Waals surface area contributed by atoms with Gasteiger partial charge in [0.05, 0.1) is 13.3 Å². The van der Waals surface area contributed by atoms with Crippen molar-refractivity contribution < 1.29 is 9.13 Å². The molecule has 0 amide bonds. The number of halogens is 1. The Kier molecular flexibility index (Phi) is 3.19. The second kappa shape index (κ2) is 4.18. The van der Waals surface area contributed by atoms with Crippen LogP contribution in [0.25, 0.3) is 0 Å². The first-order valence-electron chi connectivity index (χ1n) is 4.14. The molecule has 0 spiro atoms. The van der Waals surface area contributed by atoms with Crippen molar-refractivity contribution in [2.24, 2.45) is 5.73 Å². The molecular weight excluding hydrogens is 171 g/mol. The highest BCUT2D eigenvalue weighted by atomic mass is 19.1. The fourth-order valence-corrected chi connectivity index (χ4v) is 1.10. The minimum atomic E-state index is -0.389. The van der Waals surface area contributed by atoms with Gasteiger partial charge < -0.3 is 10.5 Å². The maximum Gasteiger partial charge on any atom is 0.218 e. The summed E-state index contributed by atoms with van der Waals surface area (Å²) in [6.45, 7) is 1.93. The Morgan fingerprint density at radius 2 is 2.38 bits per heavy atom. The number of pyridine rings is 1. The number of rotatable bonds is 3. The van der Waals surface area contributed by atoms with Crippen molar-refractivity contribution >= 4 is 0 Å². The van der Waals surface area contributed by atoms with E-state index in [0.29, 0.717) is 11.4 Å². The van der Waals surface area contributed by atoms with E-state index in [-0.39, 0.29) is 11.9 Å². The molecule has 1 aromatic heterocycles. The molecule has 1 rings (SSSR count). The molecule has 0 fully saturated rings. The predicted octanol–water partition coefficient (Wildman–Crippen LogP) is 1.64. The summed E-state index contributed by atoms with van der Waals surface area (Å²) in [5, 5.41) is 0. The van der Waals surface area contributed by atoms with Crippen LogP contribution in [0, 0.1) is 5.82 Å². The van der Waals surface area contributed by atoms with Crippen molar-refractivity contribution in [3.8, 4) is 5.88 Å². The van der Waals surface area contributed by atoms with Crippen LogP contribution in [0.2, 0.25) is 0 Å². The van der Waals surface area contributed by atoms with Crippen LogP contribution in [0.15, 0.2) is 12.3 Å². The van der Waals surface area contributed by atoms with Gasteiger partial charge in [-0.25, -0.2) is 9.37 Å². The molecule has 1 atom stereocenters. The Balaban J connectivity index is 3.07. The molecule has 0 aliphatic carbocycles. The van der Waals surface area contributed by atoms with Crippen molar-refractivity contribution in [1.29, 1.82) is 0 Å². The molecule has 0 saturated heterocycles. The number of aromatic nitrogens is 1. The molecule has 2 N–H and O–H groups in total. The van der Waals surface area contributed by atoms with Gasteiger partial charge in [-0.05, 0) is 12.5 Å². The molecule has 1 heterocycles. The molecule has 0 bridgehead atoms. The third kappa shape index (κ3) is 2.15. The van der Waals surface area contributed by atoms with E-state index in [0.717, 1.165) is 12.6 Å². The van der Waals surface area contributed by atoms with E-state index in [1.165, 1.54) is 13.2 Å². The van der Waals surface area contributed by atoms with Gasteiger partial charge in [0.1, 0.15) is 5.82 Å². The zero-order valence-corrected chi connectivity index (χ0v) is 7.75. The lowest BCUT2D eigenvalue weighted by atomic mass is 10.1. The molecule has 0 unspecified atom stereocenters. The zero-order valence-electron chi connectivity index (χ0n) is 7.75. The molecule has 3 nitrogen and oxygen atoms in total. The van der Waals surface area contributed by atoms with E-state index in [1.807, 2.05) is 6.92 Å². The molecule has 1 aromatic rings. The Hall–Kier alpha value is -1.16. The first-order valence-corrected chi connectivity index (χ1v) is 4.14. The van der Waals surface area contributed by atoms with Gasteiger partial charge in [-0.3, -0.25) is 0 Å². The lowest BCUT2D eigenvalue weighted by molar-refractivity contribution is 0.385. The van der Waals surface area contributed by atoms with Gasteiger partial charge in [0.25, 0.3) is 0 Å². The summed E-state index contributed by atoms with van der Waals surface area (Å²) in [6, 6.07) is 1.14. The average Bonchev–Trinajstić information content (AvgIpc) is 2.16. The van der Waals surface area contributed by atoms with Crippen molar-refractivity contribution in [3.63, 3.8) is 0 Å². The molecular formula is C9H13FN2O. The van der Waals surface area contributed by atoms with Gasteiger partial charge >= 0.3 is 0 Å². The molecule has 0 saturated carbocycles. The largest absolute Gasteiger partial charge is 0.481 e. The van der Waals surface area contributed by atoms with E-state index in [9.17, 15) is 4.39 Å². The third-order valence-corrected chi connectivity index (χ3v) is 1.88. The summed E-state index contributed by atoms with van der Waals surface area (Å²) in [5.74, 6) is 0.00968. The molecule has 4 heteroatoms. The van der Waals surface area contributed by atoms with E-state index >= 15 is 0 Å². The zero-order chi connectivity index (χ0) is 9.84. The summed E-state index contributed by atoms with van der Waals surface area (Å²) < 4.78 is 17.8. The Morgan fingerprint density at radius 3 is 2.92 bits per heavy atom. The van der Waals surface area contributed by atoms with Crippen molar-refractivity contribution in [2.45, 2.75) is 19.4 Å². The van der Waals surface area contributed by atoms with Gasteiger partial charge in [-0.15, -0.1) is 0 Å². The monoisotopic (exact) mass is 184 g/mol. The van der Waals surface area contributed by atoms with E-state index in [2.05, 4.69) is 4.98 Å². The van der Waals surface area contributed by atoms with Crippen LogP contribution in [0.1, 0.15) is 24.9 Å². The number of methoxy groups -OCH3 is 1. The van der Waals surface area contributed by atoms with Gasteiger partial charge in [0.15, 0.2) is 0 Å². The number of ether oxygens (including phenoxy) is 1. The molecule has 72 valence electrons. The van der Waals surface area contributed by atoms with Gasteiger partial charge in [0, 0.05) is 11.6 Å². The SMILES string of the molecule is CC[C@H](N)c1cc(F)cnc1OC. The Bertz CT molecular complexity index is 291. The number of hydrogen-bond donors (Lipinski definition) is 1. The lowest BCUT2D eigenvalue weighted by Gasteiger charge is -2.12. The number of hydrogen-bond acceptors (Lipinski definition) is 3. The topological polar surface area (TPSA) is 48.1 Å². The van der Waals surface area contributed by atoms with Crippen LogP contribution in [-0.4, -0.2) is 12.1 Å². The first-order chi connectivity index (χ1) is 6.19. The molecule has 0 aromatic carbocycles. The predicted molar refractivity (Wildman–Crippen MR) is 48.0 cm³/mol. The van der Waals surface area contributed by atoms with Gasteiger partial charge in [-0.1, -0.05) is 6.92 Å². The molecule has 13 heavy (non-hydrogen) atoms. The second-order valence-corrected chi connectivity index (χ2v) is 2.77. The fraction of sp³-hybridized carbons (Fsp3) is 0.444. The quantitative estimate of drug-likeness (QED) is 0.776. The highest BCUT2D eigenvalue weighted by Gasteiger charge is 2.12. The second-order valence-electron chi connectivity index (χ2n) is 2.77. The molecule has 0 aliphatic rings. The van der Waals surface area contributed by atoms with Gasteiger partial charge in [-0.2, -0.15) is 0 Å². The van der Waals surface area contributed by atoms with Gasteiger partial charge in [0.2, 0.25) is 5.88 Å². The standard InChI is InChI=1S/C9H13FN2O/c1-3-8(11)7-4-6(10)5-12-9(7)13-2/h4-5,8H,3,11H2,1-2H3/t8-/m0/s1. The summed E-state index contributed by atoms with van der Waals surface area (Å²) >= 11 is 0. The lowest BCUT2D eigenvalue weighted by Crippen LogP contribution is -2.11. The van der Waals surface area contributed by atoms with Crippen molar-refractivity contribution in [3.05, 3.63) is 23.6 Å². The molecule has 0 aliphatic heterocycles. The summed E-state index contributed by atoms with van der Waals surface area (Å²) in [7, 11) is 1.49. The van der Waals surface area contributed by atoms with Crippen LogP contribution in [0.3, 0.4) is 0 Å². The normalized spacial score (nSPS) is 12.6. The highest BCUT2D eigenvalue weighted by Crippen LogP contribution is 2.23. The number of nitrogens with zero attached hydrogens (tertiary/aromatic N) is 1. The summed E-state index contributed by atoms with van der Waals surface area (Å²) in [4.78, 5) is 3.79. The summed E-state index contributed by atoms with van der Waals surface area (Å²) in [6.07, 6.45) is 1.84. The minimum Gasteiger partial charge on any atom is -0.481 e. The minimum absolute atomic E-state index is 0.224. The number of nitrogens with two attached hydrogens (primary N) is 1. The van der Waals surface area contributed by atoms with E-state index in [1.54, 1.807) is 0 Å². The van der Waals surface area contributed by atoms with Crippen molar-refractivity contribution in [1.82, 2.24) is 4.98 Å². The Labute approximate surface area is 76.7 Å². The van der Waals surface area contributed by atoms with E-state index < -0.39 is 0 Å². The van der Waals surface area contributed by atoms with Crippen molar-refractivity contribution in [2.75, 3.05) is 7.11 Å². The first kappa shape index (κ1) is 9.92. The highest BCUT2D eigenvalue weighted by molar-refractivity contribution is 5.29. The van der Waals surface area contributed by atoms with Crippen LogP contribution in [0.5, 0.6) is 5.88 Å². The Morgan fingerprint density at radius 1 is 1.69 bits per heavy atom. The molecule has 0 radical (unpaired) electrons. The third-order valence-electron chi connectivity index (χ3n) is 1.88. The van der Waals surface area contributed by atoms with Crippen LogP contribution < -0.4 is 10.5 Å². The van der Waals surface area contributed by atoms with Crippen LogP contribution >= 0.6 is 0 Å². The maximum absolute atomic E-state index is 12.8.